The molecule has 4 nitrogen and oxygen atoms in total. The van der Waals surface area contributed by atoms with Gasteiger partial charge in [0.15, 0.2) is 5.54 Å². The Bertz CT molecular complexity index is 268. The third-order valence-electron chi connectivity index (χ3n) is 2.07. The van der Waals surface area contributed by atoms with Gasteiger partial charge in [0, 0.05) is 0 Å². The zero-order chi connectivity index (χ0) is 10.9. The van der Waals surface area contributed by atoms with Crippen molar-refractivity contribution in [3.63, 3.8) is 0 Å². The number of rotatable bonds is 3. The van der Waals surface area contributed by atoms with Crippen molar-refractivity contribution in [3.05, 3.63) is 0 Å². The summed E-state index contributed by atoms with van der Waals surface area (Å²) in [7, 11) is 0. The van der Waals surface area contributed by atoms with Gasteiger partial charge in [0.25, 0.3) is 5.91 Å². The number of urea groups is 1. The van der Waals surface area contributed by atoms with Gasteiger partial charge in [-0.15, -0.1) is 23.2 Å². The lowest BCUT2D eigenvalue weighted by atomic mass is 9.90. The zero-order valence-corrected chi connectivity index (χ0v) is 9.45. The minimum Gasteiger partial charge on any atom is -0.321 e. The van der Waals surface area contributed by atoms with Gasteiger partial charge in [0.1, 0.15) is 4.84 Å². The zero-order valence-electron chi connectivity index (χ0n) is 7.93. The standard InChI is InChI=1S/C8H12Cl2N2O2/c1-4(2)3-8(5(9)10)6(13)11-7(14)12-8/h4-5H,3H2,1-2H3,(H2,11,12,13,14). The second-order valence-corrected chi connectivity index (χ2v) is 4.87. The first-order valence-corrected chi connectivity index (χ1v) is 5.17. The van der Waals surface area contributed by atoms with E-state index in [9.17, 15) is 9.59 Å². The van der Waals surface area contributed by atoms with E-state index in [0.29, 0.717) is 6.42 Å². The van der Waals surface area contributed by atoms with Gasteiger partial charge in [-0.3, -0.25) is 10.1 Å². The molecule has 0 radical (unpaired) electrons. The molecule has 6 heteroatoms. The third-order valence-corrected chi connectivity index (χ3v) is 2.82. The molecule has 0 aliphatic carbocycles. The Morgan fingerprint density at radius 2 is 1.93 bits per heavy atom. The summed E-state index contributed by atoms with van der Waals surface area (Å²) in [6.45, 7) is 3.85. The summed E-state index contributed by atoms with van der Waals surface area (Å²) in [5.41, 5.74) is -1.17. The average Bonchev–Trinajstić information content (AvgIpc) is 2.26. The van der Waals surface area contributed by atoms with Crippen LogP contribution >= 0.6 is 23.2 Å². The molecule has 80 valence electrons. The van der Waals surface area contributed by atoms with E-state index < -0.39 is 22.3 Å². The minimum atomic E-state index is -1.17. The number of halogens is 2. The quantitative estimate of drug-likeness (QED) is 0.578. The molecule has 0 aromatic heterocycles. The van der Waals surface area contributed by atoms with E-state index in [0.717, 1.165) is 0 Å². The van der Waals surface area contributed by atoms with Crippen LogP contribution in [0, 0.1) is 5.92 Å². The van der Waals surface area contributed by atoms with Crippen LogP contribution in [0.3, 0.4) is 0 Å². The van der Waals surface area contributed by atoms with Crippen molar-refractivity contribution in [1.82, 2.24) is 10.6 Å². The molecule has 0 spiro atoms. The van der Waals surface area contributed by atoms with Crippen LogP contribution < -0.4 is 10.6 Å². The highest BCUT2D eigenvalue weighted by atomic mass is 35.5. The molecule has 1 rings (SSSR count). The Hall–Kier alpha value is -0.480. The molecule has 2 N–H and O–H groups in total. The molecule has 0 aromatic rings. The number of hydrogen-bond acceptors (Lipinski definition) is 2. The summed E-state index contributed by atoms with van der Waals surface area (Å²) in [6.07, 6.45) is 0.419. The Balaban J connectivity index is 2.93. The van der Waals surface area contributed by atoms with Crippen LogP contribution in [0.4, 0.5) is 4.79 Å². The molecular formula is C8H12Cl2N2O2. The maximum atomic E-state index is 11.5. The van der Waals surface area contributed by atoms with Crippen molar-refractivity contribution < 1.29 is 9.59 Å². The van der Waals surface area contributed by atoms with Crippen molar-refractivity contribution in [1.29, 1.82) is 0 Å². The highest BCUT2D eigenvalue weighted by Crippen LogP contribution is 2.30. The molecule has 1 atom stereocenters. The Labute approximate surface area is 92.3 Å². The average molecular weight is 239 g/mol. The SMILES string of the molecule is CC(C)CC1(C(Cl)Cl)NC(=O)NC1=O. The van der Waals surface area contributed by atoms with Crippen molar-refractivity contribution in [2.45, 2.75) is 30.6 Å². The van der Waals surface area contributed by atoms with Crippen molar-refractivity contribution in [2.24, 2.45) is 5.92 Å². The highest BCUT2D eigenvalue weighted by molar-refractivity contribution is 6.47. The van der Waals surface area contributed by atoms with Crippen LogP contribution in [0.1, 0.15) is 20.3 Å². The van der Waals surface area contributed by atoms with E-state index in [1.54, 1.807) is 0 Å². The maximum absolute atomic E-state index is 11.5. The number of alkyl halides is 2. The second kappa shape index (κ2) is 3.95. The fraction of sp³-hybridized carbons (Fsp3) is 0.750. The van der Waals surface area contributed by atoms with Gasteiger partial charge in [-0.05, 0) is 12.3 Å². The number of imide groups is 1. The number of nitrogens with one attached hydrogen (secondary N) is 2. The van der Waals surface area contributed by atoms with Crippen LogP contribution in [0.2, 0.25) is 0 Å². The molecule has 1 unspecified atom stereocenters. The van der Waals surface area contributed by atoms with Crippen LogP contribution in [0.25, 0.3) is 0 Å². The van der Waals surface area contributed by atoms with Crippen LogP contribution in [-0.4, -0.2) is 22.3 Å². The number of carbonyl (C=O) groups is 2. The molecule has 1 aliphatic rings. The molecule has 1 saturated heterocycles. The first-order chi connectivity index (χ1) is 6.38. The number of amides is 3. The van der Waals surface area contributed by atoms with Crippen molar-refractivity contribution in [2.75, 3.05) is 0 Å². The monoisotopic (exact) mass is 238 g/mol. The summed E-state index contributed by atoms with van der Waals surface area (Å²) in [5, 5.41) is 4.62. The van der Waals surface area contributed by atoms with Gasteiger partial charge in [-0.2, -0.15) is 0 Å². The summed E-state index contributed by atoms with van der Waals surface area (Å²) < 4.78 is 0. The molecular weight excluding hydrogens is 227 g/mol. The number of hydrogen-bond donors (Lipinski definition) is 2. The maximum Gasteiger partial charge on any atom is 0.322 e. The third kappa shape index (κ3) is 1.96. The lowest BCUT2D eigenvalue weighted by Gasteiger charge is -2.28. The molecule has 1 heterocycles. The lowest BCUT2D eigenvalue weighted by Crippen LogP contribution is -2.53. The van der Waals surface area contributed by atoms with E-state index in [4.69, 9.17) is 23.2 Å². The van der Waals surface area contributed by atoms with Gasteiger partial charge < -0.3 is 5.32 Å². The molecule has 3 amide bonds. The highest BCUT2D eigenvalue weighted by Gasteiger charge is 2.51. The summed E-state index contributed by atoms with van der Waals surface area (Å²) in [5.74, 6) is -0.245. The Morgan fingerprint density at radius 1 is 1.36 bits per heavy atom. The lowest BCUT2D eigenvalue weighted by molar-refractivity contribution is -0.124. The van der Waals surface area contributed by atoms with Crippen molar-refractivity contribution >= 4 is 35.1 Å². The van der Waals surface area contributed by atoms with E-state index >= 15 is 0 Å². The topological polar surface area (TPSA) is 58.2 Å². The van der Waals surface area contributed by atoms with Gasteiger partial charge in [-0.1, -0.05) is 13.8 Å². The van der Waals surface area contributed by atoms with Crippen LogP contribution in [-0.2, 0) is 4.79 Å². The molecule has 0 saturated carbocycles. The second-order valence-electron chi connectivity index (χ2n) is 3.78. The molecule has 1 aliphatic heterocycles. The number of carbonyl (C=O) groups excluding carboxylic acids is 2. The van der Waals surface area contributed by atoms with E-state index in [1.807, 2.05) is 13.8 Å². The Kier molecular flexibility index (Phi) is 3.27. The molecule has 0 bridgehead atoms. The summed E-state index contributed by atoms with van der Waals surface area (Å²) in [4.78, 5) is 21.6. The van der Waals surface area contributed by atoms with Gasteiger partial charge in [0.05, 0.1) is 0 Å². The molecule has 0 aromatic carbocycles. The predicted octanol–water partition coefficient (Wildman–Crippen LogP) is 1.41. The molecule has 14 heavy (non-hydrogen) atoms. The largest absolute Gasteiger partial charge is 0.322 e. The van der Waals surface area contributed by atoms with E-state index in [2.05, 4.69) is 10.6 Å². The van der Waals surface area contributed by atoms with Crippen molar-refractivity contribution in [3.8, 4) is 0 Å². The molecule has 1 fully saturated rings. The Morgan fingerprint density at radius 3 is 2.21 bits per heavy atom. The van der Waals surface area contributed by atoms with Gasteiger partial charge in [0.2, 0.25) is 0 Å². The fourth-order valence-corrected chi connectivity index (χ4v) is 2.02. The predicted molar refractivity (Wildman–Crippen MR) is 54.4 cm³/mol. The first-order valence-electron chi connectivity index (χ1n) is 4.30. The first kappa shape index (κ1) is 11.6. The van der Waals surface area contributed by atoms with Gasteiger partial charge >= 0.3 is 6.03 Å². The minimum absolute atomic E-state index is 0.208. The van der Waals surface area contributed by atoms with Crippen LogP contribution in [0.15, 0.2) is 0 Å². The van der Waals surface area contributed by atoms with E-state index in [-0.39, 0.29) is 5.92 Å². The smallest absolute Gasteiger partial charge is 0.321 e. The fourth-order valence-electron chi connectivity index (χ4n) is 1.54. The van der Waals surface area contributed by atoms with Gasteiger partial charge in [-0.25, -0.2) is 4.79 Å². The van der Waals surface area contributed by atoms with Crippen LogP contribution in [0.5, 0.6) is 0 Å². The van der Waals surface area contributed by atoms with E-state index in [1.165, 1.54) is 0 Å². The summed E-state index contributed by atoms with van der Waals surface area (Å²) >= 11 is 11.5. The normalized spacial score (nSPS) is 27.0. The summed E-state index contributed by atoms with van der Waals surface area (Å²) in [6, 6.07) is -0.540.